The van der Waals surface area contributed by atoms with E-state index in [1.54, 1.807) is 36.4 Å². The van der Waals surface area contributed by atoms with Crippen molar-refractivity contribution in [2.75, 3.05) is 114 Å². The molecule has 0 spiro atoms. The summed E-state index contributed by atoms with van der Waals surface area (Å²) < 4.78 is 101. The molecule has 5 aliphatic rings. The normalized spacial score (nSPS) is 16.2. The van der Waals surface area contributed by atoms with Crippen LogP contribution in [0.1, 0.15) is 137 Å². The molecule has 0 unspecified atom stereocenters. The third kappa shape index (κ3) is 17.3. The van der Waals surface area contributed by atoms with Gasteiger partial charge in [0.05, 0.1) is 128 Å². The minimum atomic E-state index is -0.510. The first-order chi connectivity index (χ1) is 54.4. The average Bonchev–Trinajstić information content (AvgIpc) is 1.64. The summed E-state index contributed by atoms with van der Waals surface area (Å²) in [6.07, 6.45) is 20.7. The van der Waals surface area contributed by atoms with E-state index in [0.29, 0.717) is 127 Å². The van der Waals surface area contributed by atoms with E-state index in [0.717, 1.165) is 132 Å². The summed E-state index contributed by atoms with van der Waals surface area (Å²) in [6, 6.07) is 15.8. The van der Waals surface area contributed by atoms with E-state index in [1.807, 2.05) is 113 Å². The van der Waals surface area contributed by atoms with Crippen LogP contribution in [-0.4, -0.2) is 200 Å². The lowest BCUT2D eigenvalue weighted by Gasteiger charge is -2.43. The van der Waals surface area contributed by atoms with Gasteiger partial charge in [-0.2, -0.15) is 0 Å². The SMILES string of the molecule is Cc1nc2c(F)cc(-c3cc(Cc4ncc(N5CCC(N(C)C)CC5)cn4)ncc3F)cc2n1C(C)C.Cc1nc2c(F)cc(-c3cc(Cc4ncc(N5CCN(C6COC6)CC5)cn4)ncc3F)cc2n1C(C)C.Cc1nc2c(F)cc(-c3cc(Cc4ncc(N5CCN(CC6CC6)CC5)cn4)ncc3F)cc2n1C(C)C. The van der Waals surface area contributed by atoms with Gasteiger partial charge in [-0.1, -0.05) is 0 Å². The molecule has 0 radical (unpaired) electrons. The third-order valence-electron chi connectivity index (χ3n) is 22.4. The van der Waals surface area contributed by atoms with Crippen LogP contribution in [0.5, 0.6) is 0 Å². The Bertz CT molecular complexity index is 5370. The van der Waals surface area contributed by atoms with Gasteiger partial charge in [-0.05, 0) is 179 Å². The van der Waals surface area contributed by atoms with Gasteiger partial charge in [0.25, 0.3) is 0 Å². The second-order valence-corrected chi connectivity index (χ2v) is 31.5. The van der Waals surface area contributed by atoms with Crippen molar-refractivity contribution in [3.05, 3.63) is 197 Å². The van der Waals surface area contributed by atoms with Crippen LogP contribution < -0.4 is 14.7 Å². The van der Waals surface area contributed by atoms with Crippen LogP contribution in [0.4, 0.5) is 43.4 Å². The molecule has 4 saturated heterocycles. The van der Waals surface area contributed by atoms with Gasteiger partial charge < -0.3 is 38.0 Å². The number of fused-ring (bicyclic) bond motifs is 3. The predicted molar refractivity (Wildman–Crippen MR) is 427 cm³/mol. The Labute approximate surface area is 654 Å². The molecule has 3 aromatic carbocycles. The van der Waals surface area contributed by atoms with E-state index in [9.17, 15) is 26.3 Å². The molecule has 113 heavy (non-hydrogen) atoms. The Morgan fingerprint density at radius 3 is 1.02 bits per heavy atom. The van der Waals surface area contributed by atoms with Gasteiger partial charge in [-0.25, -0.2) is 71.2 Å². The number of rotatable bonds is 19. The van der Waals surface area contributed by atoms with Gasteiger partial charge in [-0.15, -0.1) is 0 Å². The molecule has 0 atom stereocenters. The van der Waals surface area contributed by atoms with E-state index in [-0.39, 0.29) is 23.7 Å². The zero-order chi connectivity index (χ0) is 79.0. The minimum absolute atomic E-state index is 0.0915. The Balaban J connectivity index is 0.000000134. The molecule has 0 N–H and O–H groups in total. The maximum atomic E-state index is 15.0. The molecule has 1 saturated carbocycles. The first-order valence-electron chi connectivity index (χ1n) is 39.3. The van der Waals surface area contributed by atoms with Crippen LogP contribution in [0.2, 0.25) is 0 Å². The summed E-state index contributed by atoms with van der Waals surface area (Å²) in [6.45, 7) is 30.5. The number of hydrogen-bond donors (Lipinski definition) is 0. The standard InChI is InChI=1S/C29H33F2N7.C28H31F2N7O.C28H33F2N7/c1-18(2)38-19(3)35-29-25(30)10-21(11-27(29)38)24-12-22(32-16-26(24)31)13-28-33-14-23(15-34-28)37-8-6-36(7-9-37)17-20-4-5-20;1-17(2)37-18(3)34-28-24(29)8-19(9-26(28)37)23-10-20(31-14-25(23)30)11-27-32-12-21(13-33-27)35-4-6-36(7-5-35)22-15-38-16-22;1-17(2)37-18(3)34-28-24(29)10-19(11-26(28)37)23-12-20(31-16-25(23)30)13-27-32-14-22(15-33-27)36-8-6-21(7-9-36)35(4)5/h10-12,14-16,18,20H,4-9,13,17H2,1-3H3;8-10,12-14,17,22H,4-7,11,15-16H2,1-3H3;10-12,14-17,21H,6-9,13H2,1-5H3. The maximum Gasteiger partial charge on any atom is 0.151 e. The number of halogens is 6. The fourth-order valence-corrected chi connectivity index (χ4v) is 16.2. The van der Waals surface area contributed by atoms with Gasteiger partial charge in [0.2, 0.25) is 0 Å². The molecule has 13 heterocycles. The Kier molecular flexibility index (Phi) is 23.0. The number of hydrogen-bond acceptors (Lipinski definition) is 19. The predicted octanol–water partition coefficient (Wildman–Crippen LogP) is 14.5. The summed E-state index contributed by atoms with van der Waals surface area (Å²) in [5, 5.41) is 0. The lowest BCUT2D eigenvalue weighted by atomic mass is 10.0. The average molecular weight is 1540 g/mol. The van der Waals surface area contributed by atoms with Crippen LogP contribution >= 0.6 is 0 Å². The number of nitrogens with zero attached hydrogens (tertiary/aromatic N) is 21. The number of piperazine rings is 2. The van der Waals surface area contributed by atoms with Gasteiger partial charge in [0.1, 0.15) is 68.9 Å². The van der Waals surface area contributed by atoms with Gasteiger partial charge in [0.15, 0.2) is 17.5 Å². The first-order valence-corrected chi connectivity index (χ1v) is 39.3. The molecule has 5 fully saturated rings. The van der Waals surface area contributed by atoms with Crippen LogP contribution in [0, 0.1) is 61.6 Å². The summed E-state index contributed by atoms with van der Waals surface area (Å²) in [7, 11) is 4.26. The molecule has 9 aromatic heterocycles. The number of piperidine rings is 1. The Hall–Kier alpha value is -10.4. The molecule has 12 aromatic rings. The molecule has 1 aliphatic carbocycles. The van der Waals surface area contributed by atoms with E-state index in [1.165, 1.54) is 56.2 Å². The molecular formula is C85H97F6N21O. The maximum absolute atomic E-state index is 15.0. The van der Waals surface area contributed by atoms with Crippen molar-refractivity contribution < 1.29 is 31.1 Å². The fourth-order valence-electron chi connectivity index (χ4n) is 16.2. The summed E-state index contributed by atoms with van der Waals surface area (Å²) in [4.78, 5) is 67.5. The number of benzene rings is 3. The second-order valence-electron chi connectivity index (χ2n) is 31.5. The topological polar surface area (TPSA) is 198 Å². The number of aromatic nitrogens is 15. The zero-order valence-electron chi connectivity index (χ0n) is 66.1. The Morgan fingerprint density at radius 2 is 0.717 bits per heavy atom. The van der Waals surface area contributed by atoms with Gasteiger partial charge in [0, 0.05) is 130 Å². The van der Waals surface area contributed by atoms with Crippen molar-refractivity contribution >= 4 is 50.2 Å². The van der Waals surface area contributed by atoms with Crippen molar-refractivity contribution in [2.45, 2.75) is 137 Å². The van der Waals surface area contributed by atoms with E-state index in [2.05, 4.69) is 103 Å². The molecule has 17 rings (SSSR count). The first kappa shape index (κ1) is 77.9. The van der Waals surface area contributed by atoms with E-state index >= 15 is 0 Å². The highest BCUT2D eigenvalue weighted by molar-refractivity contribution is 5.86. The van der Waals surface area contributed by atoms with Gasteiger partial charge in [-0.3, -0.25) is 24.8 Å². The van der Waals surface area contributed by atoms with Crippen LogP contribution in [0.25, 0.3) is 66.5 Å². The lowest BCUT2D eigenvalue weighted by Crippen LogP contribution is -2.56. The summed E-state index contributed by atoms with van der Waals surface area (Å²) in [5.74, 6) is 1.96. The molecule has 28 heteroatoms. The number of anilines is 3. The molecule has 0 amide bonds. The van der Waals surface area contributed by atoms with Crippen molar-refractivity contribution in [3.8, 4) is 33.4 Å². The highest BCUT2D eigenvalue weighted by Gasteiger charge is 2.31. The van der Waals surface area contributed by atoms with Crippen molar-refractivity contribution in [1.82, 2.24) is 88.2 Å². The molecule has 0 bridgehead atoms. The Morgan fingerprint density at radius 1 is 0.389 bits per heavy atom. The smallest absolute Gasteiger partial charge is 0.151 e. The van der Waals surface area contributed by atoms with E-state index < -0.39 is 34.9 Å². The molecule has 4 aliphatic heterocycles. The summed E-state index contributed by atoms with van der Waals surface area (Å²) in [5.41, 5.74) is 9.93. The van der Waals surface area contributed by atoms with E-state index in [4.69, 9.17) is 4.74 Å². The molecular weight excluding hydrogens is 1450 g/mol. The van der Waals surface area contributed by atoms with Crippen molar-refractivity contribution in [2.24, 2.45) is 5.92 Å². The van der Waals surface area contributed by atoms with Crippen molar-refractivity contribution in [3.63, 3.8) is 0 Å². The minimum Gasteiger partial charge on any atom is -0.378 e. The highest BCUT2D eigenvalue weighted by Crippen LogP contribution is 2.37. The number of pyridine rings is 3. The third-order valence-corrected chi connectivity index (χ3v) is 22.4. The number of ether oxygens (including phenoxy) is 1. The van der Waals surface area contributed by atoms with Gasteiger partial charge >= 0.3 is 0 Å². The zero-order valence-corrected chi connectivity index (χ0v) is 66.1. The monoisotopic (exact) mass is 1540 g/mol. The van der Waals surface area contributed by atoms with Crippen LogP contribution in [0.15, 0.2) is 110 Å². The summed E-state index contributed by atoms with van der Waals surface area (Å²) >= 11 is 0. The van der Waals surface area contributed by atoms with Crippen LogP contribution in [0.3, 0.4) is 0 Å². The largest absolute Gasteiger partial charge is 0.378 e. The van der Waals surface area contributed by atoms with Crippen LogP contribution in [-0.2, 0) is 24.0 Å². The highest BCUT2D eigenvalue weighted by atomic mass is 19.1. The number of imidazole rings is 3. The second kappa shape index (κ2) is 33.3. The quantitative estimate of drug-likeness (QED) is 0.0692. The molecule has 590 valence electrons. The molecule has 22 nitrogen and oxygen atoms in total. The number of aryl methyl sites for hydroxylation is 3. The fraction of sp³-hybridized carbons (Fsp3) is 0.435. The van der Waals surface area contributed by atoms with Crippen molar-refractivity contribution in [1.29, 1.82) is 0 Å². The lowest BCUT2D eigenvalue weighted by molar-refractivity contribution is -0.0660.